The fraction of sp³-hybridized carbons (Fsp3) is 0.538. The molecule has 0 atom stereocenters. The van der Waals surface area contributed by atoms with Gasteiger partial charge in [-0.15, -0.1) is 0 Å². The summed E-state index contributed by atoms with van der Waals surface area (Å²) < 4.78 is 11.8. The average molecular weight is 335 g/mol. The molecule has 0 aliphatic heterocycles. The molecular weight excluding hydrogens is 316 g/mol. The van der Waals surface area contributed by atoms with Gasteiger partial charge in [-0.25, -0.2) is 0 Å². The molecular formula is C13H19BrO3S. The predicted molar refractivity (Wildman–Crippen MR) is 79.7 cm³/mol. The van der Waals surface area contributed by atoms with E-state index in [-0.39, 0.29) is 6.61 Å². The molecule has 1 aromatic carbocycles. The van der Waals surface area contributed by atoms with E-state index in [0.29, 0.717) is 18.1 Å². The van der Waals surface area contributed by atoms with Crippen molar-refractivity contribution >= 4 is 27.7 Å². The number of halogens is 1. The Balaban J connectivity index is 2.63. The van der Waals surface area contributed by atoms with E-state index in [2.05, 4.69) is 22.9 Å². The number of thioether (sulfide) groups is 1. The summed E-state index contributed by atoms with van der Waals surface area (Å²) in [4.78, 5) is 0. The van der Waals surface area contributed by atoms with Gasteiger partial charge in [-0.2, -0.15) is 11.8 Å². The monoisotopic (exact) mass is 334 g/mol. The summed E-state index contributed by atoms with van der Waals surface area (Å²) in [6, 6.07) is 3.64. The zero-order chi connectivity index (χ0) is 13.4. The van der Waals surface area contributed by atoms with Gasteiger partial charge in [0.1, 0.15) is 0 Å². The summed E-state index contributed by atoms with van der Waals surface area (Å²) in [5, 5.41) is 9.13. The lowest BCUT2D eigenvalue weighted by atomic mass is 10.2. The molecule has 0 fully saturated rings. The first-order valence-corrected chi connectivity index (χ1v) is 7.85. The summed E-state index contributed by atoms with van der Waals surface area (Å²) in [5.41, 5.74) is 0.799. The molecule has 0 amide bonds. The first-order chi connectivity index (χ1) is 8.72. The second-order valence-corrected chi connectivity index (χ2v) is 5.91. The van der Waals surface area contributed by atoms with Gasteiger partial charge < -0.3 is 14.6 Å². The fourth-order valence-electron chi connectivity index (χ4n) is 1.48. The smallest absolute Gasteiger partial charge is 0.175 e. The molecule has 0 spiro atoms. The van der Waals surface area contributed by atoms with Gasteiger partial charge in [0.05, 0.1) is 24.8 Å². The van der Waals surface area contributed by atoms with Crippen LogP contribution < -0.4 is 9.47 Å². The van der Waals surface area contributed by atoms with Crippen molar-refractivity contribution in [1.82, 2.24) is 0 Å². The number of methoxy groups -OCH3 is 1. The molecule has 1 rings (SSSR count). The predicted octanol–water partition coefficient (Wildman–Crippen LogP) is 3.47. The first kappa shape index (κ1) is 15.7. The maximum absolute atomic E-state index is 9.13. The second kappa shape index (κ2) is 8.67. The molecule has 0 unspecified atom stereocenters. The molecule has 3 nitrogen and oxygen atoms in total. The molecule has 0 heterocycles. The van der Waals surface area contributed by atoms with Crippen LogP contribution in [0.25, 0.3) is 0 Å². The van der Waals surface area contributed by atoms with E-state index < -0.39 is 0 Å². The van der Waals surface area contributed by atoms with Crippen LogP contribution in [-0.2, 0) is 6.61 Å². The normalized spacial score (nSPS) is 10.4. The number of benzene rings is 1. The zero-order valence-electron chi connectivity index (χ0n) is 10.7. The van der Waals surface area contributed by atoms with E-state index in [0.717, 1.165) is 28.0 Å². The van der Waals surface area contributed by atoms with Crippen LogP contribution in [0.5, 0.6) is 11.5 Å². The fourth-order valence-corrected chi connectivity index (χ4v) is 2.70. The topological polar surface area (TPSA) is 38.7 Å². The van der Waals surface area contributed by atoms with Crippen LogP contribution >= 0.6 is 27.7 Å². The highest BCUT2D eigenvalue weighted by Crippen LogP contribution is 2.36. The van der Waals surface area contributed by atoms with Crippen molar-refractivity contribution in [3.05, 3.63) is 22.2 Å². The zero-order valence-corrected chi connectivity index (χ0v) is 13.1. The maximum Gasteiger partial charge on any atom is 0.175 e. The number of ether oxygens (including phenoxy) is 2. The Morgan fingerprint density at radius 1 is 1.39 bits per heavy atom. The third-order valence-electron chi connectivity index (χ3n) is 2.36. The van der Waals surface area contributed by atoms with E-state index in [9.17, 15) is 0 Å². The number of hydrogen-bond acceptors (Lipinski definition) is 4. The van der Waals surface area contributed by atoms with Crippen molar-refractivity contribution in [3.8, 4) is 11.5 Å². The second-order valence-electron chi connectivity index (χ2n) is 3.67. The molecule has 0 aromatic heterocycles. The van der Waals surface area contributed by atoms with Crippen LogP contribution in [0.15, 0.2) is 16.6 Å². The van der Waals surface area contributed by atoms with Crippen LogP contribution in [0.4, 0.5) is 0 Å². The first-order valence-electron chi connectivity index (χ1n) is 5.90. The van der Waals surface area contributed by atoms with Gasteiger partial charge in [0.2, 0.25) is 0 Å². The summed E-state index contributed by atoms with van der Waals surface area (Å²) in [6.45, 7) is 2.81. The van der Waals surface area contributed by atoms with E-state index in [4.69, 9.17) is 14.6 Å². The molecule has 0 bridgehead atoms. The van der Waals surface area contributed by atoms with Crippen LogP contribution in [0.1, 0.15) is 18.9 Å². The van der Waals surface area contributed by atoms with Gasteiger partial charge in [-0.05, 0) is 51.6 Å². The van der Waals surface area contributed by atoms with E-state index in [1.165, 1.54) is 0 Å². The highest BCUT2D eigenvalue weighted by atomic mass is 79.9. The number of aliphatic hydroxyl groups is 1. The van der Waals surface area contributed by atoms with Crippen molar-refractivity contribution in [2.24, 2.45) is 0 Å². The lowest BCUT2D eigenvalue weighted by Gasteiger charge is -2.13. The summed E-state index contributed by atoms with van der Waals surface area (Å²) in [7, 11) is 1.60. The lowest BCUT2D eigenvalue weighted by Crippen LogP contribution is -2.02. The van der Waals surface area contributed by atoms with Crippen LogP contribution in [0, 0.1) is 0 Å². The molecule has 1 N–H and O–H groups in total. The summed E-state index contributed by atoms with van der Waals surface area (Å²) in [6.07, 6.45) is 1.01. The third kappa shape index (κ3) is 4.71. The number of rotatable bonds is 8. The highest BCUT2D eigenvalue weighted by molar-refractivity contribution is 9.10. The Labute approximate surface area is 121 Å². The molecule has 0 aliphatic rings. The minimum absolute atomic E-state index is 0.0115. The quantitative estimate of drug-likeness (QED) is 0.739. The molecule has 0 saturated carbocycles. The van der Waals surface area contributed by atoms with Crippen molar-refractivity contribution in [2.75, 3.05) is 25.2 Å². The Kier molecular flexibility index (Phi) is 7.54. The Morgan fingerprint density at radius 2 is 2.17 bits per heavy atom. The molecule has 18 heavy (non-hydrogen) atoms. The third-order valence-corrected chi connectivity index (χ3v) is 3.93. The molecule has 0 radical (unpaired) electrons. The largest absolute Gasteiger partial charge is 0.493 e. The van der Waals surface area contributed by atoms with Crippen molar-refractivity contribution in [1.29, 1.82) is 0 Å². The van der Waals surface area contributed by atoms with Gasteiger partial charge in [-0.3, -0.25) is 0 Å². The number of aliphatic hydroxyl groups excluding tert-OH is 1. The SMILES string of the molecule is CCSCCCOc1c(Br)cc(CO)cc1OC. The molecule has 0 saturated heterocycles. The Bertz CT molecular complexity index is 371. The lowest BCUT2D eigenvalue weighted by molar-refractivity contribution is 0.276. The van der Waals surface area contributed by atoms with Gasteiger partial charge in [0.25, 0.3) is 0 Å². The minimum Gasteiger partial charge on any atom is -0.493 e. The van der Waals surface area contributed by atoms with E-state index in [1.54, 1.807) is 13.2 Å². The summed E-state index contributed by atoms with van der Waals surface area (Å²) in [5.74, 6) is 3.59. The van der Waals surface area contributed by atoms with Gasteiger partial charge in [-0.1, -0.05) is 6.92 Å². The van der Waals surface area contributed by atoms with Crippen LogP contribution in [0.2, 0.25) is 0 Å². The highest BCUT2D eigenvalue weighted by Gasteiger charge is 2.11. The standard InChI is InChI=1S/C13H19BrO3S/c1-3-18-6-4-5-17-13-11(14)7-10(9-15)8-12(13)16-2/h7-8,15H,3-6,9H2,1-2H3. The van der Waals surface area contributed by atoms with Gasteiger partial charge >= 0.3 is 0 Å². The Hall–Kier alpha value is -0.390. The molecule has 0 aliphatic carbocycles. The average Bonchev–Trinajstić information content (AvgIpc) is 2.39. The van der Waals surface area contributed by atoms with Crippen LogP contribution in [0.3, 0.4) is 0 Å². The summed E-state index contributed by atoms with van der Waals surface area (Å²) >= 11 is 5.35. The van der Waals surface area contributed by atoms with Gasteiger partial charge in [0.15, 0.2) is 11.5 Å². The maximum atomic E-state index is 9.13. The Morgan fingerprint density at radius 3 is 2.78 bits per heavy atom. The van der Waals surface area contributed by atoms with Gasteiger partial charge in [0, 0.05) is 0 Å². The minimum atomic E-state index is -0.0115. The van der Waals surface area contributed by atoms with Crippen molar-refractivity contribution in [2.45, 2.75) is 20.0 Å². The molecule has 5 heteroatoms. The van der Waals surface area contributed by atoms with E-state index >= 15 is 0 Å². The number of hydrogen-bond donors (Lipinski definition) is 1. The van der Waals surface area contributed by atoms with Crippen LogP contribution in [-0.4, -0.2) is 30.3 Å². The van der Waals surface area contributed by atoms with E-state index in [1.807, 2.05) is 17.8 Å². The van der Waals surface area contributed by atoms with Crippen molar-refractivity contribution < 1.29 is 14.6 Å². The molecule has 102 valence electrons. The molecule has 1 aromatic rings. The van der Waals surface area contributed by atoms with Crippen molar-refractivity contribution in [3.63, 3.8) is 0 Å².